The Balaban J connectivity index is 2.11. The van der Waals surface area contributed by atoms with Crippen LogP contribution in [-0.4, -0.2) is 4.99 Å². The van der Waals surface area contributed by atoms with E-state index in [1.165, 1.54) is 30.5 Å². The fraction of sp³-hybridized carbons (Fsp3) is 0.417. The van der Waals surface area contributed by atoms with Crippen LogP contribution in [0.25, 0.3) is 0 Å². The predicted molar refractivity (Wildman–Crippen MR) is 62.7 cm³/mol. The second-order valence-corrected chi connectivity index (χ2v) is 4.66. The third-order valence-corrected chi connectivity index (χ3v) is 3.88. The Kier molecular flexibility index (Phi) is 1.84. The number of benzene rings is 1. The predicted octanol–water partition coefficient (Wildman–Crippen LogP) is 3.32. The number of rotatable bonds is 0. The molecule has 1 nitrogen and oxygen atoms in total. The van der Waals surface area contributed by atoms with Gasteiger partial charge in [-0.3, -0.25) is 0 Å². The van der Waals surface area contributed by atoms with Crippen LogP contribution >= 0.6 is 12.2 Å². The van der Waals surface area contributed by atoms with E-state index in [9.17, 15) is 0 Å². The fourth-order valence-electron chi connectivity index (χ4n) is 2.81. The van der Waals surface area contributed by atoms with Gasteiger partial charge in [0.25, 0.3) is 0 Å². The molecule has 0 spiro atoms. The lowest BCUT2D eigenvalue weighted by Gasteiger charge is -2.30. The van der Waals surface area contributed by atoms with Gasteiger partial charge in [-0.05, 0) is 30.4 Å². The molecule has 1 aromatic rings. The summed E-state index contributed by atoms with van der Waals surface area (Å²) >= 11 is 5.41. The number of anilines is 1. The van der Waals surface area contributed by atoms with Gasteiger partial charge in [0, 0.05) is 11.6 Å². The number of thiocarbonyl (C=S) groups is 1. The van der Waals surface area contributed by atoms with Crippen molar-refractivity contribution in [3.8, 4) is 0 Å². The van der Waals surface area contributed by atoms with Gasteiger partial charge in [-0.1, -0.05) is 36.8 Å². The lowest BCUT2D eigenvalue weighted by Crippen LogP contribution is -2.28. The largest absolute Gasteiger partial charge is 0.350 e. The van der Waals surface area contributed by atoms with Crippen LogP contribution in [0.3, 0.4) is 0 Å². The van der Waals surface area contributed by atoms with Crippen LogP contribution in [0.15, 0.2) is 24.3 Å². The molecule has 2 heteroatoms. The van der Waals surface area contributed by atoms with E-state index in [0.29, 0.717) is 11.8 Å². The van der Waals surface area contributed by atoms with Gasteiger partial charge < -0.3 is 5.32 Å². The van der Waals surface area contributed by atoms with Gasteiger partial charge in [-0.25, -0.2) is 0 Å². The molecule has 2 unspecified atom stereocenters. The molecular weight excluding hydrogens is 190 g/mol. The summed E-state index contributed by atoms with van der Waals surface area (Å²) in [6.07, 6.45) is 3.90. The van der Waals surface area contributed by atoms with Gasteiger partial charge in [-0.2, -0.15) is 0 Å². The minimum Gasteiger partial charge on any atom is -0.350 e. The third kappa shape index (κ3) is 1.10. The number of hydrogen-bond acceptors (Lipinski definition) is 1. The van der Waals surface area contributed by atoms with E-state index in [-0.39, 0.29) is 0 Å². The number of fused-ring (bicyclic) bond motifs is 3. The first-order valence-electron chi connectivity index (χ1n) is 5.26. The molecule has 0 radical (unpaired) electrons. The molecule has 0 aromatic heterocycles. The van der Waals surface area contributed by atoms with Gasteiger partial charge in [0.15, 0.2) is 0 Å². The van der Waals surface area contributed by atoms with Crippen LogP contribution in [0.1, 0.15) is 30.7 Å². The number of hydrogen-bond donors (Lipinski definition) is 1. The van der Waals surface area contributed by atoms with Crippen molar-refractivity contribution in [1.82, 2.24) is 0 Å². The van der Waals surface area contributed by atoms with E-state index in [1.807, 2.05) is 0 Å². The second kappa shape index (κ2) is 3.06. The van der Waals surface area contributed by atoms with Crippen LogP contribution in [0.2, 0.25) is 0 Å². The molecule has 1 saturated carbocycles. The zero-order chi connectivity index (χ0) is 9.54. The first-order valence-corrected chi connectivity index (χ1v) is 5.67. The molecule has 0 saturated heterocycles. The van der Waals surface area contributed by atoms with Crippen molar-refractivity contribution in [1.29, 1.82) is 0 Å². The highest BCUT2D eigenvalue weighted by atomic mass is 32.1. The number of nitrogens with one attached hydrogen (secondary N) is 1. The zero-order valence-electron chi connectivity index (χ0n) is 7.99. The van der Waals surface area contributed by atoms with Crippen molar-refractivity contribution in [2.45, 2.75) is 25.2 Å². The summed E-state index contributed by atoms with van der Waals surface area (Å²) < 4.78 is 0. The molecule has 1 N–H and O–H groups in total. The molecule has 1 heterocycles. The summed E-state index contributed by atoms with van der Waals surface area (Å²) in [5.74, 6) is 1.31. The van der Waals surface area contributed by atoms with E-state index in [2.05, 4.69) is 29.6 Å². The lowest BCUT2D eigenvalue weighted by molar-refractivity contribution is 0.621. The lowest BCUT2D eigenvalue weighted by atomic mass is 9.85. The summed E-state index contributed by atoms with van der Waals surface area (Å²) in [5, 5.41) is 3.36. The Morgan fingerprint density at radius 3 is 2.86 bits per heavy atom. The molecule has 14 heavy (non-hydrogen) atoms. The Morgan fingerprint density at radius 1 is 1.14 bits per heavy atom. The zero-order valence-corrected chi connectivity index (χ0v) is 8.81. The molecule has 2 atom stereocenters. The van der Waals surface area contributed by atoms with Crippen LogP contribution in [-0.2, 0) is 0 Å². The number of para-hydroxylation sites is 1. The molecule has 1 aromatic carbocycles. The van der Waals surface area contributed by atoms with Crippen LogP contribution < -0.4 is 5.32 Å². The Labute approximate surface area is 89.5 Å². The summed E-state index contributed by atoms with van der Waals surface area (Å²) in [6.45, 7) is 0. The highest BCUT2D eigenvalue weighted by molar-refractivity contribution is 7.80. The normalized spacial score (nSPS) is 29.3. The molecular formula is C12H13NS. The topological polar surface area (TPSA) is 12.0 Å². The summed E-state index contributed by atoms with van der Waals surface area (Å²) in [7, 11) is 0. The monoisotopic (exact) mass is 203 g/mol. The van der Waals surface area contributed by atoms with Crippen LogP contribution in [0, 0.1) is 5.92 Å². The average Bonchev–Trinajstić information content (AvgIpc) is 2.67. The summed E-state index contributed by atoms with van der Waals surface area (Å²) in [6, 6.07) is 8.58. The van der Waals surface area contributed by atoms with Gasteiger partial charge in [-0.15, -0.1) is 0 Å². The molecule has 0 amide bonds. The molecule has 1 aliphatic carbocycles. The molecule has 0 bridgehead atoms. The van der Waals surface area contributed by atoms with Crippen molar-refractivity contribution in [3.05, 3.63) is 29.8 Å². The van der Waals surface area contributed by atoms with Crippen LogP contribution in [0.4, 0.5) is 5.69 Å². The van der Waals surface area contributed by atoms with Gasteiger partial charge in [0.05, 0.1) is 4.99 Å². The Hall–Kier alpha value is -0.890. The molecule has 3 rings (SSSR count). The summed E-state index contributed by atoms with van der Waals surface area (Å²) in [4.78, 5) is 1.06. The molecule has 72 valence electrons. The van der Waals surface area contributed by atoms with Gasteiger partial charge in [0.1, 0.15) is 0 Å². The minimum atomic E-state index is 0.611. The van der Waals surface area contributed by atoms with Crippen molar-refractivity contribution < 1.29 is 0 Å². The maximum atomic E-state index is 5.41. The van der Waals surface area contributed by atoms with Crippen LogP contribution in [0.5, 0.6) is 0 Å². The van der Waals surface area contributed by atoms with Gasteiger partial charge in [0.2, 0.25) is 0 Å². The average molecular weight is 203 g/mol. The summed E-state index contributed by atoms with van der Waals surface area (Å²) in [5.41, 5.74) is 2.71. The fourth-order valence-corrected chi connectivity index (χ4v) is 3.20. The van der Waals surface area contributed by atoms with Crippen molar-refractivity contribution in [2.24, 2.45) is 5.92 Å². The first-order chi connectivity index (χ1) is 6.86. The van der Waals surface area contributed by atoms with E-state index in [4.69, 9.17) is 12.2 Å². The standard InChI is InChI=1S/C12H13NS/c14-12-10-6-3-5-8(10)9-4-1-2-7-11(9)13-12/h1-2,4,7-8,10H,3,5-6H2,(H,13,14). The highest BCUT2D eigenvalue weighted by Crippen LogP contribution is 2.46. The maximum absolute atomic E-state index is 5.41. The van der Waals surface area contributed by atoms with Gasteiger partial charge >= 0.3 is 0 Å². The van der Waals surface area contributed by atoms with Crippen molar-refractivity contribution in [2.75, 3.05) is 5.32 Å². The molecule has 1 aliphatic heterocycles. The van der Waals surface area contributed by atoms with E-state index < -0.39 is 0 Å². The molecule has 1 fully saturated rings. The smallest absolute Gasteiger partial charge is 0.0834 e. The maximum Gasteiger partial charge on any atom is 0.0834 e. The van der Waals surface area contributed by atoms with E-state index in [0.717, 1.165) is 4.99 Å². The van der Waals surface area contributed by atoms with Crippen molar-refractivity contribution in [3.63, 3.8) is 0 Å². The van der Waals surface area contributed by atoms with Crippen molar-refractivity contribution >= 4 is 22.9 Å². The highest BCUT2D eigenvalue weighted by Gasteiger charge is 2.36. The quantitative estimate of drug-likeness (QED) is 0.649. The van der Waals surface area contributed by atoms with E-state index in [1.54, 1.807) is 0 Å². The third-order valence-electron chi connectivity index (χ3n) is 3.47. The Morgan fingerprint density at radius 2 is 1.93 bits per heavy atom. The van der Waals surface area contributed by atoms with E-state index >= 15 is 0 Å². The molecule has 2 aliphatic rings. The SMILES string of the molecule is S=C1Nc2ccccc2C2CCCC12. The second-order valence-electron chi connectivity index (χ2n) is 4.22. The Bertz CT molecular complexity index is 386. The minimum absolute atomic E-state index is 0.611. The first kappa shape index (κ1) is 8.42.